The molecule has 0 unspecified atom stereocenters. The Kier molecular flexibility index (Phi) is 5.02. The normalized spacial score (nSPS) is 10.5. The Hall–Kier alpha value is -3.10. The highest BCUT2D eigenvalue weighted by Crippen LogP contribution is 2.39. The Morgan fingerprint density at radius 3 is 2.26 bits per heavy atom. The number of thiophene rings is 1. The molecule has 0 saturated carbocycles. The highest BCUT2D eigenvalue weighted by Gasteiger charge is 2.23. The summed E-state index contributed by atoms with van der Waals surface area (Å²) in [5.74, 6) is -0.153. The minimum absolute atomic E-state index is 0.153. The smallest absolute Gasteiger partial charge is 0.205 e. The number of rotatable bonds is 4. The van der Waals surface area contributed by atoms with E-state index in [2.05, 4.69) is 17.5 Å². The number of carbonyl (C=O) groups excluding carboxylic acids is 1. The molecule has 0 bridgehead atoms. The van der Waals surface area contributed by atoms with E-state index in [0.717, 1.165) is 27.9 Å². The van der Waals surface area contributed by atoms with Gasteiger partial charge in [-0.15, -0.1) is 11.3 Å². The Balaban J connectivity index is 2.03. The molecule has 3 aromatic rings. The topological polar surface area (TPSA) is 78.9 Å². The molecule has 0 aliphatic heterocycles. The van der Waals surface area contributed by atoms with E-state index in [0.29, 0.717) is 21.0 Å². The number of nitrogens with zero attached hydrogens (tertiary/aromatic N) is 1. The molecule has 5 heteroatoms. The third-order valence-corrected chi connectivity index (χ3v) is 5.64. The summed E-state index contributed by atoms with van der Waals surface area (Å²) in [4.78, 5) is 13.4. The van der Waals surface area contributed by atoms with Gasteiger partial charge in [0.25, 0.3) is 0 Å². The molecular weight excluding hydrogens is 354 g/mol. The zero-order chi connectivity index (χ0) is 19.7. The maximum atomic E-state index is 13.0. The first-order chi connectivity index (χ1) is 12.8. The average molecular weight is 375 g/mol. The van der Waals surface area contributed by atoms with Gasteiger partial charge in [0.1, 0.15) is 21.5 Å². The van der Waals surface area contributed by atoms with Crippen LogP contribution in [0.5, 0.6) is 0 Å². The van der Waals surface area contributed by atoms with Crippen molar-refractivity contribution in [1.82, 2.24) is 0 Å². The van der Waals surface area contributed by atoms with Gasteiger partial charge in [-0.3, -0.25) is 4.79 Å². The number of ketones is 1. The third kappa shape index (κ3) is 3.57. The second-order valence-corrected chi connectivity index (χ2v) is 7.77. The predicted molar refractivity (Wildman–Crippen MR) is 112 cm³/mol. The van der Waals surface area contributed by atoms with Crippen LogP contribution in [0, 0.1) is 39.0 Å². The van der Waals surface area contributed by atoms with Crippen molar-refractivity contribution in [3.63, 3.8) is 0 Å². The van der Waals surface area contributed by atoms with Gasteiger partial charge in [0.05, 0.1) is 5.69 Å². The molecule has 136 valence electrons. The molecule has 3 N–H and O–H groups in total. The highest BCUT2D eigenvalue weighted by molar-refractivity contribution is 7.19. The first-order valence-corrected chi connectivity index (χ1v) is 9.42. The van der Waals surface area contributed by atoms with Crippen LogP contribution in [0.3, 0.4) is 0 Å². The number of hydrogen-bond acceptors (Lipinski definition) is 5. The molecule has 0 aliphatic carbocycles. The molecule has 0 saturated heterocycles. The van der Waals surface area contributed by atoms with Crippen LogP contribution in [-0.2, 0) is 0 Å². The molecule has 0 atom stereocenters. The maximum Gasteiger partial charge on any atom is 0.205 e. The van der Waals surface area contributed by atoms with E-state index in [1.165, 1.54) is 11.3 Å². The zero-order valence-electron chi connectivity index (χ0n) is 15.8. The van der Waals surface area contributed by atoms with E-state index in [9.17, 15) is 10.1 Å². The molecule has 0 aliphatic rings. The van der Waals surface area contributed by atoms with Crippen LogP contribution in [0.2, 0.25) is 0 Å². The molecule has 4 nitrogen and oxygen atoms in total. The molecule has 0 radical (unpaired) electrons. The van der Waals surface area contributed by atoms with Gasteiger partial charge in [0, 0.05) is 11.3 Å². The monoisotopic (exact) mass is 375 g/mol. The summed E-state index contributed by atoms with van der Waals surface area (Å²) in [6.07, 6.45) is 0. The molecule has 0 fully saturated rings. The first-order valence-electron chi connectivity index (χ1n) is 8.60. The van der Waals surface area contributed by atoms with Crippen molar-refractivity contribution in [2.24, 2.45) is 0 Å². The standard InChI is InChI=1S/C22H21N3OS/c1-12-5-7-16(14(3)9-12)20(26)21-19(24)17(11-23)22(27-21)25-18-8-6-13(2)10-15(18)4/h5-10,25H,24H2,1-4H3. The van der Waals surface area contributed by atoms with Crippen molar-refractivity contribution in [3.8, 4) is 6.07 Å². The molecule has 27 heavy (non-hydrogen) atoms. The number of carbonyl (C=O) groups is 1. The fourth-order valence-corrected chi connectivity index (χ4v) is 4.12. The number of nitrogen functional groups attached to an aromatic ring is 1. The van der Waals surface area contributed by atoms with Crippen molar-refractivity contribution >= 4 is 33.5 Å². The number of nitriles is 1. The van der Waals surface area contributed by atoms with E-state index in [1.54, 1.807) is 0 Å². The largest absolute Gasteiger partial charge is 0.396 e. The number of benzene rings is 2. The van der Waals surface area contributed by atoms with Crippen LogP contribution in [0.15, 0.2) is 36.4 Å². The van der Waals surface area contributed by atoms with Crippen molar-refractivity contribution in [2.75, 3.05) is 11.1 Å². The van der Waals surface area contributed by atoms with Crippen molar-refractivity contribution in [2.45, 2.75) is 27.7 Å². The Labute approximate surface area is 163 Å². The minimum Gasteiger partial charge on any atom is -0.396 e. The van der Waals surface area contributed by atoms with Gasteiger partial charge in [-0.1, -0.05) is 41.5 Å². The minimum atomic E-state index is -0.153. The summed E-state index contributed by atoms with van der Waals surface area (Å²) in [7, 11) is 0. The van der Waals surface area contributed by atoms with Crippen LogP contribution in [0.4, 0.5) is 16.4 Å². The summed E-state index contributed by atoms with van der Waals surface area (Å²) < 4.78 is 0. The maximum absolute atomic E-state index is 13.0. The van der Waals surface area contributed by atoms with Gasteiger partial charge in [0.15, 0.2) is 0 Å². The summed E-state index contributed by atoms with van der Waals surface area (Å²) in [6, 6.07) is 13.9. The van der Waals surface area contributed by atoms with E-state index >= 15 is 0 Å². The summed E-state index contributed by atoms with van der Waals surface area (Å²) >= 11 is 1.23. The van der Waals surface area contributed by atoms with Crippen molar-refractivity contribution in [1.29, 1.82) is 5.26 Å². The summed E-state index contributed by atoms with van der Waals surface area (Å²) in [6.45, 7) is 7.92. The van der Waals surface area contributed by atoms with Crippen LogP contribution < -0.4 is 11.1 Å². The second-order valence-electron chi connectivity index (χ2n) is 6.75. The SMILES string of the molecule is Cc1ccc(Nc2sc(C(=O)c3ccc(C)cc3C)c(N)c2C#N)c(C)c1. The van der Waals surface area contributed by atoms with Gasteiger partial charge in [-0.2, -0.15) is 5.26 Å². The lowest BCUT2D eigenvalue weighted by Crippen LogP contribution is -2.05. The number of anilines is 3. The lowest BCUT2D eigenvalue weighted by molar-refractivity contribution is 0.104. The summed E-state index contributed by atoms with van der Waals surface area (Å²) in [5, 5.41) is 13.4. The van der Waals surface area contributed by atoms with Crippen molar-refractivity contribution in [3.05, 3.63) is 74.7 Å². The zero-order valence-corrected chi connectivity index (χ0v) is 16.6. The lowest BCUT2D eigenvalue weighted by Gasteiger charge is -2.08. The molecular formula is C22H21N3OS. The van der Waals surface area contributed by atoms with Gasteiger partial charge in [0.2, 0.25) is 5.78 Å². The van der Waals surface area contributed by atoms with Crippen molar-refractivity contribution < 1.29 is 4.79 Å². The van der Waals surface area contributed by atoms with Crippen LogP contribution >= 0.6 is 11.3 Å². The Morgan fingerprint density at radius 2 is 1.67 bits per heavy atom. The van der Waals surface area contributed by atoms with Crippen LogP contribution in [-0.4, -0.2) is 5.78 Å². The molecule has 0 spiro atoms. The highest BCUT2D eigenvalue weighted by atomic mass is 32.1. The quantitative estimate of drug-likeness (QED) is 0.598. The molecule has 1 aromatic heterocycles. The van der Waals surface area contributed by atoms with Crippen LogP contribution in [0.25, 0.3) is 0 Å². The molecule has 0 amide bonds. The molecule has 3 rings (SSSR count). The molecule has 2 aromatic carbocycles. The third-order valence-electron chi connectivity index (χ3n) is 4.52. The average Bonchev–Trinajstić information content (AvgIpc) is 2.92. The molecule has 1 heterocycles. The van der Waals surface area contributed by atoms with E-state index in [4.69, 9.17) is 5.73 Å². The summed E-state index contributed by atoms with van der Waals surface area (Å²) in [5.41, 5.74) is 12.4. The second kappa shape index (κ2) is 7.26. The van der Waals surface area contributed by atoms with Gasteiger partial charge < -0.3 is 11.1 Å². The van der Waals surface area contributed by atoms with Gasteiger partial charge >= 0.3 is 0 Å². The number of nitrogens with one attached hydrogen (secondary N) is 1. The predicted octanol–water partition coefficient (Wildman–Crippen LogP) is 5.41. The van der Waals surface area contributed by atoms with Gasteiger partial charge in [-0.25, -0.2) is 0 Å². The number of nitrogens with two attached hydrogens (primary N) is 1. The van der Waals surface area contributed by atoms with Gasteiger partial charge in [-0.05, 0) is 44.9 Å². The fourth-order valence-electron chi connectivity index (χ4n) is 3.08. The van der Waals surface area contributed by atoms with E-state index < -0.39 is 0 Å². The first kappa shape index (κ1) is 18.7. The number of hydrogen-bond donors (Lipinski definition) is 2. The lowest BCUT2D eigenvalue weighted by atomic mass is 10.0. The van der Waals surface area contributed by atoms with E-state index in [-0.39, 0.29) is 11.5 Å². The Bertz CT molecular complexity index is 1090. The van der Waals surface area contributed by atoms with Crippen LogP contribution in [0.1, 0.15) is 43.1 Å². The Morgan fingerprint density at radius 1 is 1.04 bits per heavy atom. The van der Waals surface area contributed by atoms with E-state index in [1.807, 2.05) is 58.0 Å². The number of aryl methyl sites for hydroxylation is 4. The fraction of sp³-hybridized carbons (Fsp3) is 0.182.